The van der Waals surface area contributed by atoms with Crippen molar-refractivity contribution in [2.75, 3.05) is 6.54 Å². The fourth-order valence-corrected chi connectivity index (χ4v) is 13.1. The van der Waals surface area contributed by atoms with Crippen molar-refractivity contribution in [3.63, 3.8) is 0 Å². The van der Waals surface area contributed by atoms with Crippen LogP contribution in [0.4, 0.5) is 0 Å². The molecular weight excluding hydrogens is 674 g/mol. The maximum absolute atomic E-state index is 14.0. The van der Waals surface area contributed by atoms with Crippen molar-refractivity contribution in [3.8, 4) is 0 Å². The van der Waals surface area contributed by atoms with Crippen molar-refractivity contribution < 1.29 is 29.3 Å². The van der Waals surface area contributed by atoms with Gasteiger partial charge in [0.25, 0.3) is 0 Å². The third kappa shape index (κ3) is 6.82. The first-order valence-electron chi connectivity index (χ1n) is 20.1. The van der Waals surface area contributed by atoms with E-state index in [-0.39, 0.29) is 58.8 Å². The molecule has 0 aromatic heterocycles. The van der Waals surface area contributed by atoms with E-state index in [1.807, 2.05) is 38.1 Å². The first-order chi connectivity index (χ1) is 24.2. The van der Waals surface area contributed by atoms with Crippen LogP contribution in [-0.4, -0.2) is 46.7 Å². The smallest absolute Gasteiger partial charge is 0.306 e. The van der Waals surface area contributed by atoms with Gasteiger partial charge in [-0.15, -0.1) is 0 Å². The van der Waals surface area contributed by atoms with Crippen molar-refractivity contribution in [1.29, 1.82) is 0 Å². The van der Waals surface area contributed by atoms with Crippen molar-refractivity contribution >= 4 is 29.3 Å². The summed E-state index contributed by atoms with van der Waals surface area (Å²) in [5.74, 6) is 0.968. The number of aliphatic carboxylic acids is 1. The van der Waals surface area contributed by atoms with Crippen LogP contribution in [0.5, 0.6) is 0 Å². The number of nitrogens with one attached hydrogen (secondary N) is 1. The first kappa shape index (κ1) is 39.5. The van der Waals surface area contributed by atoms with Crippen LogP contribution in [0.25, 0.3) is 0 Å². The molecule has 7 nitrogen and oxygen atoms in total. The molecule has 0 unspecified atom stereocenters. The van der Waals surface area contributed by atoms with Gasteiger partial charge in [-0.2, -0.15) is 0 Å². The average Bonchev–Trinajstić information content (AvgIpc) is 3.35. The number of aliphatic hydroxyl groups is 1. The Bertz CT molecular complexity index is 1580. The van der Waals surface area contributed by atoms with E-state index in [4.69, 9.17) is 16.3 Å². The first-order valence-corrected chi connectivity index (χ1v) is 20.5. The zero-order valence-corrected chi connectivity index (χ0v) is 33.7. The molecule has 5 aliphatic rings. The number of carboxylic acid groups (broad SMARTS) is 1. The number of fused-ring (bicyclic) bond motifs is 7. The van der Waals surface area contributed by atoms with Gasteiger partial charge in [0, 0.05) is 35.4 Å². The fraction of sp³-hybridized carbons (Fsp3) is 0.750. The molecule has 0 bridgehead atoms. The lowest BCUT2D eigenvalue weighted by atomic mass is 9.37. The second kappa shape index (κ2) is 14.1. The van der Waals surface area contributed by atoms with Crippen LogP contribution in [0.15, 0.2) is 35.4 Å². The second-order valence-electron chi connectivity index (χ2n) is 19.7. The van der Waals surface area contributed by atoms with Crippen LogP contribution in [0.2, 0.25) is 5.02 Å². The summed E-state index contributed by atoms with van der Waals surface area (Å²) in [5.41, 5.74) is 2.23. The van der Waals surface area contributed by atoms with Crippen molar-refractivity contribution in [3.05, 3.63) is 46.0 Å². The highest BCUT2D eigenvalue weighted by Crippen LogP contribution is 2.73. The van der Waals surface area contributed by atoms with E-state index in [0.717, 1.165) is 62.5 Å². The van der Waals surface area contributed by atoms with Crippen LogP contribution in [-0.2, 0) is 25.7 Å². The van der Waals surface area contributed by atoms with E-state index in [1.54, 1.807) is 0 Å². The zero-order valence-electron chi connectivity index (χ0n) is 32.9. The van der Waals surface area contributed by atoms with Gasteiger partial charge in [0.15, 0.2) is 5.78 Å². The summed E-state index contributed by atoms with van der Waals surface area (Å²) in [4.78, 5) is 38.5. The highest BCUT2D eigenvalue weighted by Gasteiger charge is 2.67. The summed E-state index contributed by atoms with van der Waals surface area (Å²) in [7, 11) is 0. The van der Waals surface area contributed by atoms with E-state index in [0.29, 0.717) is 42.3 Å². The molecule has 0 saturated heterocycles. The summed E-state index contributed by atoms with van der Waals surface area (Å²) in [6, 6.07) is 7.79. The van der Waals surface area contributed by atoms with Gasteiger partial charge in [-0.1, -0.05) is 84.7 Å². The summed E-state index contributed by atoms with van der Waals surface area (Å²) in [5, 5.41) is 25.6. The molecule has 0 spiro atoms. The third-order valence-corrected chi connectivity index (χ3v) is 15.6. The Kier molecular flexibility index (Phi) is 10.7. The van der Waals surface area contributed by atoms with Gasteiger partial charge in [0.05, 0.1) is 18.9 Å². The number of benzene rings is 1. The highest BCUT2D eigenvalue weighted by atomic mass is 35.5. The second-order valence-corrected chi connectivity index (χ2v) is 20.2. The quantitative estimate of drug-likeness (QED) is 0.194. The van der Waals surface area contributed by atoms with E-state index in [2.05, 4.69) is 46.9 Å². The lowest BCUT2D eigenvalue weighted by Crippen LogP contribution is -2.62. The number of Topliss-reactive ketones (excluding diaryl/α,β-unsaturated/α-hetero) is 1. The Balaban J connectivity index is 1.21. The van der Waals surface area contributed by atoms with Gasteiger partial charge in [-0.05, 0) is 120 Å². The molecule has 4 fully saturated rings. The number of allylic oxidation sites excluding steroid dienone is 1. The molecule has 5 aliphatic carbocycles. The lowest BCUT2D eigenvalue weighted by molar-refractivity contribution is -0.205. The van der Waals surface area contributed by atoms with Crippen molar-refractivity contribution in [2.24, 2.45) is 56.7 Å². The van der Waals surface area contributed by atoms with E-state index >= 15 is 0 Å². The predicted molar refractivity (Wildman–Crippen MR) is 205 cm³/mol. The van der Waals surface area contributed by atoms with E-state index in [9.17, 15) is 24.6 Å². The van der Waals surface area contributed by atoms with Gasteiger partial charge in [-0.25, -0.2) is 0 Å². The highest BCUT2D eigenvalue weighted by molar-refractivity contribution is 6.30. The maximum Gasteiger partial charge on any atom is 0.306 e. The van der Waals surface area contributed by atoms with Gasteiger partial charge >= 0.3 is 11.9 Å². The largest absolute Gasteiger partial charge is 0.481 e. The predicted octanol–water partition coefficient (Wildman–Crippen LogP) is 9.18. The normalized spacial score (nSPS) is 36.1. The molecule has 1 aromatic carbocycles. The Labute approximate surface area is 317 Å². The Morgan fingerprint density at radius 1 is 0.942 bits per heavy atom. The molecule has 6 rings (SSSR count). The molecular formula is C44H64ClNO6. The van der Waals surface area contributed by atoms with Gasteiger partial charge in [0.1, 0.15) is 6.10 Å². The van der Waals surface area contributed by atoms with Gasteiger partial charge in [-0.3, -0.25) is 14.4 Å². The number of halogens is 1. The molecule has 0 radical (unpaired) electrons. The number of hydrogen-bond donors (Lipinski definition) is 3. The standard InChI is InChI=1S/C44H64ClNO6/c1-26(2)38-32(47)21-44(34(48)25-46-24-27-9-11-28(45)12-10-27)20-19-42(7)29-15-16-33-41(5,6)35(52-37(51)23-40(3,4)22-36(49)50)17-18-43(33,8)30(29)13-14-31(42)39(38)44/h9-12,26,29-31,33-35,46,48H,13-25H2,1-8H3,(H,49,50)/t29-,30+,31-,33+,34+,35+,42+,43-,44+/m1/s1. The van der Waals surface area contributed by atoms with E-state index < -0.39 is 22.9 Å². The minimum Gasteiger partial charge on any atom is -0.481 e. The number of carboxylic acids is 1. The van der Waals surface area contributed by atoms with Crippen LogP contribution < -0.4 is 5.32 Å². The minimum absolute atomic E-state index is 0.0557. The molecule has 288 valence electrons. The number of ether oxygens (including phenoxy) is 1. The summed E-state index contributed by atoms with van der Waals surface area (Å²) in [6.45, 7) is 18.7. The number of esters is 1. The number of ketones is 1. The number of carbonyl (C=O) groups is 3. The van der Waals surface area contributed by atoms with Gasteiger partial charge < -0.3 is 20.3 Å². The van der Waals surface area contributed by atoms with Gasteiger partial charge in [0.2, 0.25) is 0 Å². The number of hydrogen-bond acceptors (Lipinski definition) is 6. The molecule has 0 aliphatic heterocycles. The third-order valence-electron chi connectivity index (χ3n) is 15.4. The fourth-order valence-electron chi connectivity index (χ4n) is 13.0. The van der Waals surface area contributed by atoms with Crippen LogP contribution in [0, 0.1) is 56.7 Å². The Morgan fingerprint density at radius 3 is 2.25 bits per heavy atom. The Morgan fingerprint density at radius 2 is 1.60 bits per heavy atom. The van der Waals surface area contributed by atoms with Crippen LogP contribution in [0.3, 0.4) is 0 Å². The summed E-state index contributed by atoms with van der Waals surface area (Å²) < 4.78 is 6.24. The summed E-state index contributed by atoms with van der Waals surface area (Å²) >= 11 is 6.10. The summed E-state index contributed by atoms with van der Waals surface area (Å²) in [6.07, 6.45) is 7.70. The number of aliphatic hydroxyl groups excluding tert-OH is 1. The molecule has 0 amide bonds. The average molecular weight is 738 g/mol. The lowest BCUT2D eigenvalue weighted by Gasteiger charge is -2.68. The molecule has 1 aromatic rings. The number of carbonyl (C=O) groups excluding carboxylic acids is 2. The monoisotopic (exact) mass is 737 g/mol. The minimum atomic E-state index is -0.898. The molecule has 3 N–H and O–H groups in total. The molecule has 0 heterocycles. The molecule has 52 heavy (non-hydrogen) atoms. The Hall–Kier alpha value is -2.22. The van der Waals surface area contributed by atoms with E-state index in [1.165, 1.54) is 5.57 Å². The van der Waals surface area contributed by atoms with Crippen LogP contribution in [0.1, 0.15) is 132 Å². The molecule has 4 saturated carbocycles. The van der Waals surface area contributed by atoms with Crippen LogP contribution >= 0.6 is 11.6 Å². The number of rotatable bonds is 11. The zero-order chi connectivity index (χ0) is 38.0. The van der Waals surface area contributed by atoms with Crippen molar-refractivity contribution in [1.82, 2.24) is 5.32 Å². The molecule has 9 atom stereocenters. The molecule has 8 heteroatoms. The topological polar surface area (TPSA) is 113 Å². The SMILES string of the molecule is CC(C)C1=C2[C@H]3CC[C@H]4[C@@H](CC[C@H]5C(C)(C)[C@@H](OC(=O)CC(C)(C)CC(=O)O)CC[C@]45C)[C@]3(C)CC[C@@]2([C@@H](O)CNCc2ccc(Cl)cc2)CC1=O. The van der Waals surface area contributed by atoms with Crippen molar-refractivity contribution in [2.45, 2.75) is 145 Å². The maximum atomic E-state index is 14.0.